The molecule has 0 bridgehead atoms. The van der Waals surface area contributed by atoms with E-state index in [9.17, 15) is 43.5 Å². The van der Waals surface area contributed by atoms with Crippen LogP contribution in [0.5, 0.6) is 0 Å². The van der Waals surface area contributed by atoms with Crippen LogP contribution in [-0.4, -0.2) is 95.9 Å². The highest BCUT2D eigenvalue weighted by Crippen LogP contribution is 2.45. The number of rotatable bonds is 74. The van der Waals surface area contributed by atoms with E-state index in [1.807, 2.05) is 24.3 Å². The number of unbranched alkanes of at least 4 members (excludes halogenated alkanes) is 21. The van der Waals surface area contributed by atoms with Crippen LogP contribution in [-0.2, 0) is 55.8 Å². The lowest BCUT2D eigenvalue weighted by Gasteiger charge is -2.21. The molecule has 0 saturated carbocycles. The molecule has 0 aliphatic rings. The zero-order chi connectivity index (χ0) is 76.6. The largest absolute Gasteiger partial charge is 0.472 e. The molecule has 0 saturated heterocycles. The van der Waals surface area contributed by atoms with E-state index in [1.165, 1.54) is 103 Å². The highest BCUT2D eigenvalue weighted by atomic mass is 31.2. The van der Waals surface area contributed by atoms with Gasteiger partial charge in [-0.3, -0.25) is 32.5 Å². The topological polar surface area (TPSA) is 231 Å². The third-order valence-electron chi connectivity index (χ3n) is 16.1. The number of aliphatic hydroxyl groups excluding tert-OH is 2. The van der Waals surface area contributed by atoms with Crippen molar-refractivity contribution >= 4 is 33.6 Å². The lowest BCUT2D eigenvalue weighted by Crippen LogP contribution is -2.30. The van der Waals surface area contributed by atoms with Gasteiger partial charge in [0.05, 0.1) is 26.4 Å². The molecule has 0 radical (unpaired) electrons. The first kappa shape index (κ1) is 99.7. The summed E-state index contributed by atoms with van der Waals surface area (Å²) in [7, 11) is -9.83. The van der Waals surface area contributed by atoms with Gasteiger partial charge in [0.1, 0.15) is 25.4 Å². The molecule has 105 heavy (non-hydrogen) atoms. The Hall–Kier alpha value is -5.35. The summed E-state index contributed by atoms with van der Waals surface area (Å²) >= 11 is 0. The summed E-state index contributed by atoms with van der Waals surface area (Å²) in [5.74, 6) is -1.72. The third kappa shape index (κ3) is 79.5. The van der Waals surface area contributed by atoms with Gasteiger partial charge in [0.25, 0.3) is 0 Å². The Morgan fingerprint density at radius 2 is 0.486 bits per heavy atom. The second kappa shape index (κ2) is 78.2. The van der Waals surface area contributed by atoms with Crippen LogP contribution >= 0.6 is 15.6 Å². The molecule has 5 unspecified atom stereocenters. The standard InChI is InChI=1S/C87H142O16P2/c1-4-7-10-13-16-19-22-25-28-31-32-33-34-35-36-37-38-39-40-41-42-43-44-45-46-47-48-51-53-55-58-61-64-67-70-73-85(90)97-76-82(88)77-99-104(93,94)100-78-83(89)79-101-105(95,96)102-81-84(103-87(92)75-72-69-66-63-60-57-54-50-30-27-24-21-18-15-12-9-6-3)80-98-86(91)74-71-68-65-62-59-56-52-49-29-26-23-20-17-14-11-8-5-2/h7-12,16-21,25-30,32-33,35-36,52,54,56-57,62-63,65-66,82-84,88-89H,4-6,13-15,22-24,31,34,37-51,53,55,58-61,64,67-81H2,1-3H3,(H,93,94)(H,95,96)/b10-7-,11-8-,12-9-,19-16-,20-17-,21-18-,28-25-,29-26-,30-27-,33-32-,36-35-,56-52-,57-54-,65-62-,66-63-. The molecule has 5 atom stereocenters. The molecule has 596 valence electrons. The summed E-state index contributed by atoms with van der Waals surface area (Å²) in [6.45, 7) is 2.19. The number of phosphoric acid groups is 2. The molecule has 18 heteroatoms. The minimum Gasteiger partial charge on any atom is -0.463 e. The fourth-order valence-corrected chi connectivity index (χ4v) is 11.7. The number of allylic oxidation sites excluding steroid dienone is 30. The fourth-order valence-electron chi connectivity index (χ4n) is 10.1. The van der Waals surface area contributed by atoms with Crippen LogP contribution in [0.3, 0.4) is 0 Å². The molecule has 0 spiro atoms. The number of carbonyl (C=O) groups is 3. The summed E-state index contributed by atoms with van der Waals surface area (Å²) in [6.07, 6.45) is 101. The molecule has 0 aliphatic carbocycles. The van der Waals surface area contributed by atoms with E-state index in [1.54, 1.807) is 0 Å². The summed E-state index contributed by atoms with van der Waals surface area (Å²) < 4.78 is 61.0. The second-order valence-electron chi connectivity index (χ2n) is 26.1. The van der Waals surface area contributed by atoms with Crippen LogP contribution in [0, 0.1) is 0 Å². The van der Waals surface area contributed by atoms with Crippen molar-refractivity contribution in [2.75, 3.05) is 39.6 Å². The monoisotopic (exact) mass is 1500 g/mol. The molecule has 0 heterocycles. The molecule has 0 fully saturated rings. The minimum atomic E-state index is -4.96. The Morgan fingerprint density at radius 3 is 0.790 bits per heavy atom. The Balaban J connectivity index is 4.48. The average Bonchev–Trinajstić information content (AvgIpc) is 0.911. The van der Waals surface area contributed by atoms with Crippen LogP contribution < -0.4 is 0 Å². The van der Waals surface area contributed by atoms with Gasteiger partial charge in [-0.05, 0) is 141 Å². The van der Waals surface area contributed by atoms with Crippen molar-refractivity contribution in [2.45, 2.75) is 309 Å². The van der Waals surface area contributed by atoms with Gasteiger partial charge < -0.3 is 34.2 Å². The van der Waals surface area contributed by atoms with Crippen LogP contribution in [0.2, 0.25) is 0 Å². The number of ether oxygens (including phenoxy) is 3. The molecular formula is C87H142O16P2. The molecule has 0 rings (SSSR count). The van der Waals surface area contributed by atoms with Gasteiger partial charge in [0.2, 0.25) is 0 Å². The summed E-state index contributed by atoms with van der Waals surface area (Å²) in [4.78, 5) is 58.5. The maximum absolute atomic E-state index is 12.9. The van der Waals surface area contributed by atoms with Gasteiger partial charge in [-0.25, -0.2) is 9.13 Å². The van der Waals surface area contributed by atoms with Crippen molar-refractivity contribution in [3.05, 3.63) is 182 Å². The van der Waals surface area contributed by atoms with Gasteiger partial charge in [-0.15, -0.1) is 0 Å². The highest BCUT2D eigenvalue weighted by molar-refractivity contribution is 7.47. The molecule has 0 aromatic heterocycles. The molecule has 0 aliphatic heterocycles. The Morgan fingerprint density at radius 1 is 0.267 bits per heavy atom. The van der Waals surface area contributed by atoms with Crippen molar-refractivity contribution in [2.24, 2.45) is 0 Å². The zero-order valence-corrected chi connectivity index (χ0v) is 66.9. The Kier molecular flexibility index (Phi) is 74.3. The van der Waals surface area contributed by atoms with E-state index in [0.717, 1.165) is 116 Å². The quantitative estimate of drug-likeness (QED) is 0.0146. The summed E-state index contributed by atoms with van der Waals surface area (Å²) in [5, 5.41) is 20.6. The predicted octanol–water partition coefficient (Wildman–Crippen LogP) is 23.8. The third-order valence-corrected chi connectivity index (χ3v) is 18.0. The van der Waals surface area contributed by atoms with Crippen molar-refractivity contribution in [3.8, 4) is 0 Å². The number of phosphoric ester groups is 2. The number of esters is 3. The lowest BCUT2D eigenvalue weighted by atomic mass is 10.0. The van der Waals surface area contributed by atoms with Crippen LogP contribution in [0.4, 0.5) is 0 Å². The van der Waals surface area contributed by atoms with Gasteiger partial charge >= 0.3 is 33.6 Å². The number of hydrogen-bond acceptors (Lipinski definition) is 14. The van der Waals surface area contributed by atoms with E-state index in [-0.39, 0.29) is 19.3 Å². The number of carbonyl (C=O) groups excluding carboxylic acids is 3. The first-order valence-electron chi connectivity index (χ1n) is 40.1. The minimum absolute atomic E-state index is 0.00781. The maximum Gasteiger partial charge on any atom is 0.472 e. The van der Waals surface area contributed by atoms with Crippen molar-refractivity contribution in [3.63, 3.8) is 0 Å². The average molecular weight is 1510 g/mol. The first-order chi connectivity index (χ1) is 51.2. The van der Waals surface area contributed by atoms with E-state index in [0.29, 0.717) is 32.1 Å². The number of hydrogen-bond donors (Lipinski definition) is 4. The second-order valence-corrected chi connectivity index (χ2v) is 29.0. The SMILES string of the molecule is CC/C=C\C/C=C\C/C=C\C/C=C\C/C=C\CCCCCCCCCCCCCCCCCCCCCC(=O)OCC(O)COP(=O)(O)OCC(O)COP(=O)(O)OCC(COC(=O)CCC/C=C\C/C=C\C/C=C\C/C=C\C/C=C\CC)OC(=O)CCC/C=C\C/C=C\C/C=C\C/C=C\C/C=C\CC. The number of aliphatic hydroxyl groups is 2. The van der Waals surface area contributed by atoms with Crippen molar-refractivity contribution in [1.29, 1.82) is 0 Å². The van der Waals surface area contributed by atoms with E-state index >= 15 is 0 Å². The van der Waals surface area contributed by atoms with Crippen molar-refractivity contribution < 1.29 is 75.8 Å². The zero-order valence-electron chi connectivity index (χ0n) is 65.1. The molecule has 0 aromatic carbocycles. The van der Waals surface area contributed by atoms with Crippen LogP contribution in [0.25, 0.3) is 0 Å². The predicted molar refractivity (Wildman–Crippen MR) is 435 cm³/mol. The lowest BCUT2D eigenvalue weighted by molar-refractivity contribution is -0.161. The fraction of sp³-hybridized carbons (Fsp3) is 0.621. The van der Waals surface area contributed by atoms with Crippen molar-refractivity contribution in [1.82, 2.24) is 0 Å². The molecule has 0 aromatic rings. The molecule has 0 amide bonds. The normalized spacial score (nSPS) is 14.9. The maximum atomic E-state index is 12.9. The molecular weight excluding hydrogens is 1360 g/mol. The Bertz CT molecular complexity index is 2640. The van der Waals surface area contributed by atoms with Crippen LogP contribution in [0.15, 0.2) is 182 Å². The molecule has 4 N–H and O–H groups in total. The Labute approximate surface area is 636 Å². The van der Waals surface area contributed by atoms with E-state index in [4.69, 9.17) is 32.3 Å². The van der Waals surface area contributed by atoms with Gasteiger partial charge in [-0.2, -0.15) is 0 Å². The van der Waals surface area contributed by atoms with Gasteiger partial charge in [0, 0.05) is 19.3 Å². The summed E-state index contributed by atoms with van der Waals surface area (Å²) in [6, 6.07) is 0. The van der Waals surface area contributed by atoms with E-state index in [2.05, 4.69) is 179 Å². The van der Waals surface area contributed by atoms with Crippen LogP contribution in [0.1, 0.15) is 290 Å². The van der Waals surface area contributed by atoms with E-state index < -0.39 is 91.5 Å². The molecule has 16 nitrogen and oxygen atoms in total. The van der Waals surface area contributed by atoms with Gasteiger partial charge in [0.15, 0.2) is 6.10 Å². The summed E-state index contributed by atoms with van der Waals surface area (Å²) in [5.41, 5.74) is 0. The smallest absolute Gasteiger partial charge is 0.463 e. The first-order valence-corrected chi connectivity index (χ1v) is 43.1. The van der Waals surface area contributed by atoms with Gasteiger partial charge in [-0.1, -0.05) is 312 Å². The highest BCUT2D eigenvalue weighted by Gasteiger charge is 2.29.